The van der Waals surface area contributed by atoms with Gasteiger partial charge in [-0.15, -0.1) is 0 Å². The van der Waals surface area contributed by atoms with Crippen molar-refractivity contribution >= 4 is 11.9 Å². The second kappa shape index (κ2) is 6.68. The van der Waals surface area contributed by atoms with Crippen LogP contribution in [0.15, 0.2) is 0 Å². The normalized spacial score (nSPS) is 48.8. The molecule has 5 aliphatic carbocycles. The number of carboxylic acids is 1. The molecule has 168 valence electrons. The van der Waals surface area contributed by atoms with E-state index in [1.807, 2.05) is 4.90 Å². The summed E-state index contributed by atoms with van der Waals surface area (Å²) in [7, 11) is 0. The van der Waals surface area contributed by atoms with Gasteiger partial charge in [0, 0.05) is 11.6 Å². The zero-order chi connectivity index (χ0) is 21.5. The Morgan fingerprint density at radius 1 is 1.10 bits per heavy atom. The van der Waals surface area contributed by atoms with Crippen molar-refractivity contribution in [2.75, 3.05) is 6.54 Å². The van der Waals surface area contributed by atoms with Crippen LogP contribution in [0.25, 0.3) is 0 Å². The number of carbonyl (C=O) groups excluding carboxylic acids is 1. The number of rotatable bonds is 4. The first-order valence-corrected chi connectivity index (χ1v) is 12.3. The molecule has 7 nitrogen and oxygen atoms in total. The molecule has 2 heterocycles. The van der Waals surface area contributed by atoms with Gasteiger partial charge in [-0.25, -0.2) is 0 Å². The molecule has 2 saturated heterocycles. The molecule has 0 aromatic rings. The number of carbonyl (C=O) groups is 2. The van der Waals surface area contributed by atoms with Crippen molar-refractivity contribution < 1.29 is 14.7 Å². The fourth-order valence-corrected chi connectivity index (χ4v) is 9.05. The predicted octanol–water partition coefficient (Wildman–Crippen LogP) is 2.10. The van der Waals surface area contributed by atoms with E-state index in [0.717, 1.165) is 70.8 Å². The monoisotopic (exact) mass is 426 g/mol. The summed E-state index contributed by atoms with van der Waals surface area (Å²) in [5.74, 6) is 0.861. The average Bonchev–Trinajstić information content (AvgIpc) is 3.41. The van der Waals surface area contributed by atoms with Crippen LogP contribution in [-0.4, -0.2) is 63.0 Å². The molecular formula is C24H34N4O3. The lowest BCUT2D eigenvalue weighted by Gasteiger charge is -2.67. The number of nitrogens with two attached hydrogens (primary N) is 1. The zero-order valence-electron chi connectivity index (χ0n) is 18.2. The summed E-state index contributed by atoms with van der Waals surface area (Å²) in [5, 5.41) is 19.5. The summed E-state index contributed by atoms with van der Waals surface area (Å²) < 4.78 is 0. The molecule has 7 rings (SSSR count). The van der Waals surface area contributed by atoms with Crippen LogP contribution in [-0.2, 0) is 9.59 Å². The minimum atomic E-state index is -0.696. The zero-order valence-corrected chi connectivity index (χ0v) is 18.2. The molecule has 1 amide bonds. The van der Waals surface area contributed by atoms with Gasteiger partial charge < -0.3 is 15.7 Å². The molecule has 31 heavy (non-hydrogen) atoms. The SMILES string of the molecule is N#C[C@@H]1CC2CC2N1C(=O)[C@@H](N)C12CC3C[C@@H](C1)CC(N1CCCC[C@H]1C(=O)O)(C3)C2. The first-order valence-electron chi connectivity index (χ1n) is 12.3. The second-order valence-corrected chi connectivity index (χ2v) is 11.8. The van der Waals surface area contributed by atoms with Crippen molar-refractivity contribution in [1.29, 1.82) is 5.26 Å². The molecule has 5 saturated carbocycles. The van der Waals surface area contributed by atoms with Gasteiger partial charge >= 0.3 is 5.97 Å². The number of likely N-dealkylation sites (tertiary alicyclic amines) is 2. The summed E-state index contributed by atoms with van der Waals surface area (Å²) in [5.41, 5.74) is 6.48. The average molecular weight is 427 g/mol. The van der Waals surface area contributed by atoms with E-state index in [-0.39, 0.29) is 28.9 Å². The Balaban J connectivity index is 1.31. The van der Waals surface area contributed by atoms with Crippen LogP contribution in [0, 0.1) is 34.5 Å². The number of hydrogen-bond acceptors (Lipinski definition) is 5. The summed E-state index contributed by atoms with van der Waals surface area (Å²) >= 11 is 0. The maximum Gasteiger partial charge on any atom is 0.320 e. The lowest BCUT2D eigenvalue weighted by Crippen LogP contribution is -2.70. The largest absolute Gasteiger partial charge is 0.480 e. The van der Waals surface area contributed by atoms with Gasteiger partial charge in [0.2, 0.25) is 5.91 Å². The smallest absolute Gasteiger partial charge is 0.320 e. The summed E-state index contributed by atoms with van der Waals surface area (Å²) in [4.78, 5) is 29.9. The van der Waals surface area contributed by atoms with Crippen molar-refractivity contribution in [3.05, 3.63) is 0 Å². The van der Waals surface area contributed by atoms with Gasteiger partial charge in [-0.1, -0.05) is 6.42 Å². The highest BCUT2D eigenvalue weighted by Crippen LogP contribution is 2.65. The number of piperidine rings is 2. The summed E-state index contributed by atoms with van der Waals surface area (Å²) in [6, 6.07) is 1.28. The maximum absolute atomic E-state index is 13.7. The number of aliphatic carboxylic acids is 1. The van der Waals surface area contributed by atoms with E-state index in [0.29, 0.717) is 17.8 Å². The Morgan fingerprint density at radius 2 is 1.84 bits per heavy atom. The molecule has 9 atom stereocenters. The van der Waals surface area contributed by atoms with Crippen LogP contribution in [0.2, 0.25) is 0 Å². The highest BCUT2D eigenvalue weighted by atomic mass is 16.4. The quantitative estimate of drug-likeness (QED) is 0.712. The highest BCUT2D eigenvalue weighted by Gasteiger charge is 2.65. The molecule has 7 fully saturated rings. The Bertz CT molecular complexity index is 838. The Hall–Kier alpha value is -1.65. The van der Waals surface area contributed by atoms with Crippen LogP contribution in [0.1, 0.15) is 70.6 Å². The molecular weight excluding hydrogens is 392 g/mol. The van der Waals surface area contributed by atoms with E-state index in [1.54, 1.807) is 0 Å². The number of nitrogens with zero attached hydrogens (tertiary/aromatic N) is 3. The van der Waals surface area contributed by atoms with Crippen LogP contribution in [0.3, 0.4) is 0 Å². The fourth-order valence-electron chi connectivity index (χ4n) is 9.05. The molecule has 0 aromatic heterocycles. The minimum absolute atomic E-state index is 0.0120. The van der Waals surface area contributed by atoms with E-state index in [9.17, 15) is 20.0 Å². The number of carboxylic acid groups (broad SMARTS) is 1. The van der Waals surface area contributed by atoms with E-state index in [2.05, 4.69) is 11.0 Å². The van der Waals surface area contributed by atoms with Crippen molar-refractivity contribution in [1.82, 2.24) is 9.80 Å². The molecule has 3 N–H and O–H groups in total. The molecule has 0 radical (unpaired) electrons. The van der Waals surface area contributed by atoms with E-state index < -0.39 is 18.1 Å². The van der Waals surface area contributed by atoms with Crippen LogP contribution in [0.4, 0.5) is 0 Å². The van der Waals surface area contributed by atoms with Crippen molar-refractivity contribution in [2.24, 2.45) is 28.9 Å². The van der Waals surface area contributed by atoms with Gasteiger partial charge in [0.15, 0.2) is 0 Å². The highest BCUT2D eigenvalue weighted by molar-refractivity contribution is 5.84. The second-order valence-electron chi connectivity index (χ2n) is 11.8. The first kappa shape index (κ1) is 20.0. The molecule has 7 aliphatic rings. The lowest BCUT2D eigenvalue weighted by atomic mass is 9.44. The van der Waals surface area contributed by atoms with Gasteiger partial charge in [0.25, 0.3) is 0 Å². The molecule has 0 spiro atoms. The predicted molar refractivity (Wildman–Crippen MR) is 113 cm³/mol. The van der Waals surface area contributed by atoms with Crippen LogP contribution in [0.5, 0.6) is 0 Å². The first-order chi connectivity index (χ1) is 14.9. The third-order valence-electron chi connectivity index (χ3n) is 9.91. The minimum Gasteiger partial charge on any atom is -0.480 e. The van der Waals surface area contributed by atoms with Gasteiger partial charge in [-0.2, -0.15) is 5.26 Å². The third kappa shape index (κ3) is 2.83. The maximum atomic E-state index is 13.7. The number of nitriles is 1. The van der Waals surface area contributed by atoms with Crippen LogP contribution >= 0.6 is 0 Å². The van der Waals surface area contributed by atoms with Crippen molar-refractivity contribution in [3.63, 3.8) is 0 Å². The number of amides is 1. The molecule has 0 aromatic carbocycles. The topological polar surface area (TPSA) is 111 Å². The lowest BCUT2D eigenvalue weighted by molar-refractivity contribution is -0.178. The molecule has 4 bridgehead atoms. The van der Waals surface area contributed by atoms with Gasteiger partial charge in [-0.3, -0.25) is 14.5 Å². The van der Waals surface area contributed by atoms with Gasteiger partial charge in [0.05, 0.1) is 12.1 Å². The Morgan fingerprint density at radius 3 is 2.52 bits per heavy atom. The molecule has 7 heteroatoms. The summed E-state index contributed by atoms with van der Waals surface area (Å²) in [6.07, 6.45) is 10.7. The summed E-state index contributed by atoms with van der Waals surface area (Å²) in [6.45, 7) is 0.849. The Kier molecular flexibility index (Phi) is 4.31. The van der Waals surface area contributed by atoms with E-state index >= 15 is 0 Å². The van der Waals surface area contributed by atoms with E-state index in [1.165, 1.54) is 6.42 Å². The van der Waals surface area contributed by atoms with Gasteiger partial charge in [0.1, 0.15) is 12.1 Å². The number of fused-ring (bicyclic) bond motifs is 1. The molecule has 2 aliphatic heterocycles. The van der Waals surface area contributed by atoms with Crippen molar-refractivity contribution in [2.45, 2.75) is 100 Å². The van der Waals surface area contributed by atoms with E-state index in [4.69, 9.17) is 5.73 Å². The van der Waals surface area contributed by atoms with Gasteiger partial charge in [-0.05, 0) is 93.9 Å². The molecule has 5 unspecified atom stereocenters. The standard InChI is InChI=1S/C24H34N4O3/c25-12-17-6-16-7-19(16)28(17)21(29)20(26)23-8-14-5-15(9-23)11-24(10-14,13-23)27-4-2-1-3-18(27)22(30)31/h14-20H,1-11,13,26H2,(H,30,31)/t14-,15?,16?,17-,18-,19?,20+,23?,24?/m0/s1. The third-order valence-corrected chi connectivity index (χ3v) is 9.91. The van der Waals surface area contributed by atoms with Crippen LogP contribution < -0.4 is 5.73 Å². The Labute approximate surface area is 183 Å². The number of hydrogen-bond donors (Lipinski definition) is 2. The fraction of sp³-hybridized carbons (Fsp3) is 0.875. The van der Waals surface area contributed by atoms with Crippen molar-refractivity contribution in [3.8, 4) is 6.07 Å².